The van der Waals surface area contributed by atoms with E-state index in [4.69, 9.17) is 9.26 Å². The minimum atomic E-state index is -0.164. The zero-order chi connectivity index (χ0) is 25.3. The third kappa shape index (κ3) is 6.48. The number of methoxy groups -OCH3 is 1. The number of aromatic nitrogens is 2. The number of carbonyl (C=O) groups is 2. The van der Waals surface area contributed by atoms with Gasteiger partial charge in [-0.25, -0.2) is 0 Å². The second-order valence-corrected chi connectivity index (χ2v) is 8.93. The van der Waals surface area contributed by atoms with Crippen molar-refractivity contribution in [3.8, 4) is 17.1 Å². The molecule has 2 amide bonds. The molecule has 0 aliphatic carbocycles. The Hall–Kier alpha value is -3.72. The monoisotopic (exact) mass is 491 g/mol. The summed E-state index contributed by atoms with van der Waals surface area (Å²) in [6, 6.07) is 14.7. The molecule has 0 atom stereocenters. The van der Waals surface area contributed by atoms with Gasteiger partial charge in [0.2, 0.25) is 17.6 Å². The summed E-state index contributed by atoms with van der Waals surface area (Å²) in [6.45, 7) is 4.73. The number of hydrogen-bond acceptors (Lipinski definition) is 7. The number of rotatable bonds is 10. The number of piperidine rings is 1. The molecule has 2 N–H and O–H groups in total. The van der Waals surface area contributed by atoms with Gasteiger partial charge in [-0.3, -0.25) is 14.5 Å². The van der Waals surface area contributed by atoms with E-state index in [2.05, 4.69) is 32.6 Å². The van der Waals surface area contributed by atoms with E-state index in [1.54, 1.807) is 25.3 Å². The first kappa shape index (κ1) is 25.4. The van der Waals surface area contributed by atoms with Crippen LogP contribution < -0.4 is 15.4 Å². The highest BCUT2D eigenvalue weighted by Crippen LogP contribution is 2.24. The van der Waals surface area contributed by atoms with Crippen molar-refractivity contribution in [2.24, 2.45) is 5.92 Å². The summed E-state index contributed by atoms with van der Waals surface area (Å²) in [6.07, 6.45) is 3.37. The lowest BCUT2D eigenvalue weighted by Crippen LogP contribution is -2.38. The largest absolute Gasteiger partial charge is 0.497 e. The van der Waals surface area contributed by atoms with Crippen LogP contribution in [0.5, 0.6) is 5.75 Å². The van der Waals surface area contributed by atoms with Crippen LogP contribution in [0, 0.1) is 5.92 Å². The van der Waals surface area contributed by atoms with Gasteiger partial charge in [-0.15, -0.1) is 0 Å². The standard InChI is InChI=1S/C27H33N5O4/c1-3-4-15-28-27(34)22-7-5-6-8-23(22)29-26(33)20-13-16-32(17-14-20)18-24-30-25(31-36-24)19-9-11-21(35-2)12-10-19/h5-12,20H,3-4,13-18H2,1-2H3,(H,28,34)(H,29,33). The molecule has 2 heterocycles. The highest BCUT2D eigenvalue weighted by atomic mass is 16.5. The summed E-state index contributed by atoms with van der Waals surface area (Å²) in [4.78, 5) is 32.2. The van der Waals surface area contributed by atoms with Crippen molar-refractivity contribution in [3.05, 3.63) is 60.0 Å². The fourth-order valence-corrected chi connectivity index (χ4v) is 4.22. The fraction of sp³-hybridized carbons (Fsp3) is 0.407. The molecule has 4 rings (SSSR count). The summed E-state index contributed by atoms with van der Waals surface area (Å²) in [5.74, 6) is 1.53. The molecular weight excluding hydrogens is 458 g/mol. The van der Waals surface area contributed by atoms with Crippen LogP contribution in [-0.4, -0.2) is 53.6 Å². The highest BCUT2D eigenvalue weighted by molar-refractivity contribution is 6.04. The Morgan fingerprint density at radius 2 is 1.86 bits per heavy atom. The van der Waals surface area contributed by atoms with E-state index in [1.165, 1.54) is 0 Å². The van der Waals surface area contributed by atoms with Crippen LogP contribution in [-0.2, 0) is 11.3 Å². The van der Waals surface area contributed by atoms with Crippen LogP contribution in [0.4, 0.5) is 5.69 Å². The van der Waals surface area contributed by atoms with E-state index in [0.29, 0.717) is 36.1 Å². The number of nitrogens with zero attached hydrogens (tertiary/aromatic N) is 3. The van der Waals surface area contributed by atoms with Crippen molar-refractivity contribution in [1.82, 2.24) is 20.4 Å². The molecule has 0 bridgehead atoms. The molecule has 0 spiro atoms. The lowest BCUT2D eigenvalue weighted by molar-refractivity contribution is -0.121. The number of benzene rings is 2. The molecule has 9 nitrogen and oxygen atoms in total. The van der Waals surface area contributed by atoms with Crippen LogP contribution in [0.2, 0.25) is 0 Å². The van der Waals surface area contributed by atoms with Gasteiger partial charge in [-0.1, -0.05) is 30.6 Å². The van der Waals surface area contributed by atoms with E-state index in [-0.39, 0.29) is 17.7 Å². The minimum absolute atomic E-state index is 0.0527. The zero-order valence-corrected chi connectivity index (χ0v) is 20.8. The van der Waals surface area contributed by atoms with Crippen molar-refractivity contribution in [2.45, 2.75) is 39.2 Å². The first-order valence-corrected chi connectivity index (χ1v) is 12.4. The molecule has 1 aliphatic heterocycles. The predicted octanol–water partition coefficient (Wildman–Crippen LogP) is 4.13. The predicted molar refractivity (Wildman–Crippen MR) is 137 cm³/mol. The molecule has 1 fully saturated rings. The Kier molecular flexibility index (Phi) is 8.67. The number of unbranched alkanes of at least 4 members (excludes halogenated alkanes) is 1. The lowest BCUT2D eigenvalue weighted by atomic mass is 9.95. The Balaban J connectivity index is 1.28. The average Bonchev–Trinajstić information content (AvgIpc) is 3.38. The molecule has 1 aromatic heterocycles. The molecule has 9 heteroatoms. The number of anilines is 1. The number of carbonyl (C=O) groups excluding carboxylic acids is 2. The van der Waals surface area contributed by atoms with E-state index in [9.17, 15) is 9.59 Å². The topological polar surface area (TPSA) is 110 Å². The second kappa shape index (κ2) is 12.3. The third-order valence-corrected chi connectivity index (χ3v) is 6.38. The van der Waals surface area contributed by atoms with Crippen molar-refractivity contribution in [2.75, 3.05) is 32.1 Å². The minimum Gasteiger partial charge on any atom is -0.497 e. The third-order valence-electron chi connectivity index (χ3n) is 6.38. The van der Waals surface area contributed by atoms with E-state index in [0.717, 1.165) is 50.1 Å². The molecular formula is C27H33N5O4. The Morgan fingerprint density at radius 1 is 1.11 bits per heavy atom. The Morgan fingerprint density at radius 3 is 2.58 bits per heavy atom. The summed E-state index contributed by atoms with van der Waals surface area (Å²) >= 11 is 0. The lowest BCUT2D eigenvalue weighted by Gasteiger charge is -2.30. The molecule has 2 aromatic carbocycles. The van der Waals surface area contributed by atoms with Gasteiger partial charge < -0.3 is 19.9 Å². The summed E-state index contributed by atoms with van der Waals surface area (Å²) in [5.41, 5.74) is 1.90. The van der Waals surface area contributed by atoms with Crippen LogP contribution in [0.3, 0.4) is 0 Å². The van der Waals surface area contributed by atoms with Gasteiger partial charge in [-0.05, 0) is 68.8 Å². The number of amides is 2. The SMILES string of the molecule is CCCCNC(=O)c1ccccc1NC(=O)C1CCN(Cc2nc(-c3ccc(OC)cc3)no2)CC1. The van der Waals surface area contributed by atoms with Gasteiger partial charge in [0.1, 0.15) is 5.75 Å². The van der Waals surface area contributed by atoms with E-state index in [1.807, 2.05) is 30.3 Å². The molecule has 1 saturated heterocycles. The Labute approximate surface area is 211 Å². The number of ether oxygens (including phenoxy) is 1. The van der Waals surface area contributed by atoms with Crippen molar-refractivity contribution >= 4 is 17.5 Å². The maximum atomic E-state index is 13.0. The van der Waals surface area contributed by atoms with Crippen LogP contribution in [0.15, 0.2) is 53.1 Å². The van der Waals surface area contributed by atoms with Gasteiger partial charge in [-0.2, -0.15) is 4.98 Å². The first-order chi connectivity index (χ1) is 17.6. The van der Waals surface area contributed by atoms with Gasteiger partial charge in [0.05, 0.1) is 24.9 Å². The zero-order valence-electron chi connectivity index (χ0n) is 20.8. The molecule has 3 aromatic rings. The van der Waals surface area contributed by atoms with Crippen LogP contribution >= 0.6 is 0 Å². The van der Waals surface area contributed by atoms with Gasteiger partial charge in [0.15, 0.2) is 0 Å². The molecule has 1 aliphatic rings. The summed E-state index contributed by atoms with van der Waals surface area (Å²) < 4.78 is 10.6. The molecule has 0 unspecified atom stereocenters. The summed E-state index contributed by atoms with van der Waals surface area (Å²) in [5, 5.41) is 9.99. The van der Waals surface area contributed by atoms with Crippen molar-refractivity contribution in [3.63, 3.8) is 0 Å². The number of likely N-dealkylation sites (tertiary alicyclic amines) is 1. The molecule has 190 valence electrons. The van der Waals surface area contributed by atoms with Crippen LogP contribution in [0.25, 0.3) is 11.4 Å². The Bertz CT molecular complexity index is 1150. The number of nitrogens with one attached hydrogen (secondary N) is 2. The fourth-order valence-electron chi connectivity index (χ4n) is 4.22. The van der Waals surface area contributed by atoms with Crippen LogP contribution in [0.1, 0.15) is 48.9 Å². The number of para-hydroxylation sites is 1. The molecule has 0 saturated carbocycles. The summed E-state index contributed by atoms with van der Waals surface area (Å²) in [7, 11) is 1.63. The molecule has 36 heavy (non-hydrogen) atoms. The van der Waals surface area contributed by atoms with Crippen molar-refractivity contribution in [1.29, 1.82) is 0 Å². The second-order valence-electron chi connectivity index (χ2n) is 8.93. The van der Waals surface area contributed by atoms with Gasteiger partial charge >= 0.3 is 0 Å². The maximum Gasteiger partial charge on any atom is 0.253 e. The van der Waals surface area contributed by atoms with Gasteiger partial charge in [0.25, 0.3) is 5.91 Å². The smallest absolute Gasteiger partial charge is 0.253 e. The van der Waals surface area contributed by atoms with Gasteiger partial charge in [0, 0.05) is 18.0 Å². The normalized spacial score (nSPS) is 14.4. The van der Waals surface area contributed by atoms with E-state index < -0.39 is 0 Å². The quantitative estimate of drug-likeness (QED) is 0.411. The molecule has 0 radical (unpaired) electrons. The van der Waals surface area contributed by atoms with E-state index >= 15 is 0 Å². The maximum absolute atomic E-state index is 13.0. The van der Waals surface area contributed by atoms with Crippen molar-refractivity contribution < 1.29 is 18.8 Å². The average molecular weight is 492 g/mol. The highest BCUT2D eigenvalue weighted by Gasteiger charge is 2.27. The number of hydrogen-bond donors (Lipinski definition) is 2. The first-order valence-electron chi connectivity index (χ1n) is 12.4.